The Morgan fingerprint density at radius 3 is 2.64 bits per heavy atom. The van der Waals surface area contributed by atoms with Gasteiger partial charge in [-0.3, -0.25) is 4.79 Å². The number of rotatable bonds is 4. The minimum atomic E-state index is -0.507. The van der Waals surface area contributed by atoms with Gasteiger partial charge in [-0.25, -0.2) is 0 Å². The SMILES string of the molecule is CC(=O)Nc1ccc(OCC2(C)CCc3c(C)c(O)c(C)c(C)c3O2)c(Cl)c1. The minimum absolute atomic E-state index is 0.154. The predicted molar refractivity (Wildman–Crippen MR) is 111 cm³/mol. The molecule has 0 aromatic heterocycles. The van der Waals surface area contributed by atoms with Crippen LogP contribution < -0.4 is 14.8 Å². The molecule has 1 unspecified atom stereocenters. The van der Waals surface area contributed by atoms with Crippen LogP contribution in [0.3, 0.4) is 0 Å². The molecule has 0 saturated carbocycles. The molecule has 2 N–H and O–H groups in total. The monoisotopic (exact) mass is 403 g/mol. The number of benzene rings is 2. The minimum Gasteiger partial charge on any atom is -0.507 e. The zero-order chi connectivity index (χ0) is 20.6. The number of anilines is 1. The summed E-state index contributed by atoms with van der Waals surface area (Å²) in [5.41, 5.74) is 3.88. The van der Waals surface area contributed by atoms with Crippen LogP contribution in [-0.2, 0) is 11.2 Å². The Labute approximate surface area is 170 Å². The summed E-state index contributed by atoms with van der Waals surface area (Å²) in [5, 5.41) is 13.4. The normalized spacial score (nSPS) is 18.2. The Morgan fingerprint density at radius 1 is 1.29 bits per heavy atom. The van der Waals surface area contributed by atoms with Crippen molar-refractivity contribution in [3.05, 3.63) is 45.5 Å². The number of amides is 1. The molecule has 2 aromatic carbocycles. The summed E-state index contributed by atoms with van der Waals surface area (Å²) < 4.78 is 12.3. The average Bonchev–Trinajstić information content (AvgIpc) is 2.63. The third-order valence-corrected chi connectivity index (χ3v) is 5.67. The van der Waals surface area contributed by atoms with Gasteiger partial charge in [0.05, 0.1) is 5.02 Å². The Hall–Kier alpha value is -2.40. The van der Waals surface area contributed by atoms with Gasteiger partial charge in [-0.15, -0.1) is 0 Å². The molecule has 5 nitrogen and oxygen atoms in total. The number of aromatic hydroxyl groups is 1. The van der Waals surface area contributed by atoms with Crippen molar-refractivity contribution in [2.24, 2.45) is 0 Å². The fourth-order valence-electron chi connectivity index (χ4n) is 3.53. The van der Waals surface area contributed by atoms with Gasteiger partial charge in [-0.2, -0.15) is 0 Å². The number of fused-ring (bicyclic) bond motifs is 1. The molecule has 0 fully saturated rings. The highest BCUT2D eigenvalue weighted by Gasteiger charge is 2.35. The number of halogens is 1. The van der Waals surface area contributed by atoms with Crippen LogP contribution in [0.25, 0.3) is 0 Å². The van der Waals surface area contributed by atoms with E-state index in [4.69, 9.17) is 21.1 Å². The fraction of sp³-hybridized carbons (Fsp3) is 0.409. The molecule has 0 spiro atoms. The first-order valence-corrected chi connectivity index (χ1v) is 9.69. The number of ether oxygens (including phenoxy) is 2. The molecule has 1 heterocycles. The first kappa shape index (κ1) is 20.3. The highest BCUT2D eigenvalue weighted by molar-refractivity contribution is 6.32. The van der Waals surface area contributed by atoms with E-state index in [0.29, 0.717) is 28.8 Å². The lowest BCUT2D eigenvalue weighted by molar-refractivity contribution is -0.114. The van der Waals surface area contributed by atoms with Gasteiger partial charge in [0.15, 0.2) is 0 Å². The Morgan fingerprint density at radius 2 is 2.00 bits per heavy atom. The topological polar surface area (TPSA) is 67.8 Å². The van der Waals surface area contributed by atoms with Crippen molar-refractivity contribution in [1.29, 1.82) is 0 Å². The van der Waals surface area contributed by atoms with Crippen LogP contribution in [0.1, 0.15) is 42.5 Å². The number of nitrogens with one attached hydrogen (secondary N) is 1. The number of carbonyl (C=O) groups is 1. The maximum Gasteiger partial charge on any atom is 0.221 e. The molecule has 0 saturated heterocycles. The summed E-state index contributed by atoms with van der Waals surface area (Å²) in [6.45, 7) is 9.61. The van der Waals surface area contributed by atoms with Gasteiger partial charge >= 0.3 is 0 Å². The predicted octanol–water partition coefficient (Wildman–Crippen LogP) is 5.09. The highest BCUT2D eigenvalue weighted by atomic mass is 35.5. The largest absolute Gasteiger partial charge is 0.507 e. The molecule has 1 atom stereocenters. The maximum absolute atomic E-state index is 11.2. The van der Waals surface area contributed by atoms with Crippen LogP contribution in [-0.4, -0.2) is 23.2 Å². The number of hydrogen-bond acceptors (Lipinski definition) is 4. The van der Waals surface area contributed by atoms with Gasteiger partial charge in [0.1, 0.15) is 29.5 Å². The van der Waals surface area contributed by atoms with Gasteiger partial charge < -0.3 is 19.9 Å². The second kappa shape index (κ2) is 7.55. The summed E-state index contributed by atoms with van der Waals surface area (Å²) in [6.07, 6.45) is 1.58. The fourth-order valence-corrected chi connectivity index (χ4v) is 3.76. The van der Waals surface area contributed by atoms with E-state index in [2.05, 4.69) is 5.32 Å². The molecule has 150 valence electrons. The van der Waals surface area contributed by atoms with Gasteiger partial charge in [0.2, 0.25) is 5.91 Å². The van der Waals surface area contributed by atoms with E-state index in [1.807, 2.05) is 27.7 Å². The van der Waals surface area contributed by atoms with E-state index in [1.54, 1.807) is 18.2 Å². The van der Waals surface area contributed by atoms with E-state index in [-0.39, 0.29) is 5.91 Å². The Bertz CT molecular complexity index is 941. The van der Waals surface area contributed by atoms with E-state index in [9.17, 15) is 9.90 Å². The summed E-state index contributed by atoms with van der Waals surface area (Å²) in [7, 11) is 0. The number of phenolic OH excluding ortho intramolecular Hbond substituents is 1. The Balaban J connectivity index is 1.77. The lowest BCUT2D eigenvalue weighted by Crippen LogP contribution is -2.42. The van der Waals surface area contributed by atoms with E-state index >= 15 is 0 Å². The van der Waals surface area contributed by atoms with Crippen LogP contribution in [0, 0.1) is 20.8 Å². The van der Waals surface area contributed by atoms with E-state index in [0.717, 1.165) is 40.8 Å². The third-order valence-electron chi connectivity index (χ3n) is 5.38. The lowest BCUT2D eigenvalue weighted by Gasteiger charge is -2.37. The van der Waals surface area contributed by atoms with E-state index < -0.39 is 5.60 Å². The first-order chi connectivity index (χ1) is 13.1. The van der Waals surface area contributed by atoms with Crippen molar-refractivity contribution in [2.75, 3.05) is 11.9 Å². The molecule has 0 radical (unpaired) electrons. The number of hydrogen-bond donors (Lipinski definition) is 2. The van der Waals surface area contributed by atoms with Gasteiger partial charge in [-0.05, 0) is 75.4 Å². The molecule has 0 bridgehead atoms. The van der Waals surface area contributed by atoms with Crippen molar-refractivity contribution in [3.8, 4) is 17.2 Å². The zero-order valence-electron chi connectivity index (χ0n) is 16.9. The quantitative estimate of drug-likeness (QED) is 0.745. The van der Waals surface area contributed by atoms with Gasteiger partial charge in [0, 0.05) is 18.2 Å². The number of phenols is 1. The maximum atomic E-state index is 11.2. The molecule has 0 aliphatic carbocycles. The van der Waals surface area contributed by atoms with Gasteiger partial charge in [-0.1, -0.05) is 11.6 Å². The van der Waals surface area contributed by atoms with Crippen molar-refractivity contribution < 1.29 is 19.4 Å². The second-order valence-electron chi connectivity index (χ2n) is 7.70. The molecule has 6 heteroatoms. The molecular formula is C22H26ClNO4. The molecule has 1 amide bonds. The standard InChI is InChI=1S/C22H26ClNO4/c1-12-13(2)21-17(14(3)20(12)26)8-9-22(5,28-21)11-27-19-7-6-16(10-18(19)23)24-15(4)25/h6-7,10,26H,8-9,11H2,1-5H3,(H,24,25). The van der Waals surface area contributed by atoms with Crippen LogP contribution in [0.15, 0.2) is 18.2 Å². The van der Waals surface area contributed by atoms with Crippen LogP contribution in [0.5, 0.6) is 17.2 Å². The molecule has 2 aromatic rings. The summed E-state index contributed by atoms with van der Waals surface area (Å²) >= 11 is 6.30. The average molecular weight is 404 g/mol. The number of carbonyl (C=O) groups excluding carboxylic acids is 1. The van der Waals surface area contributed by atoms with Crippen molar-refractivity contribution in [2.45, 2.75) is 53.1 Å². The Kier molecular flexibility index (Phi) is 5.48. The summed E-state index contributed by atoms with van der Waals surface area (Å²) in [4.78, 5) is 11.2. The smallest absolute Gasteiger partial charge is 0.221 e. The summed E-state index contributed by atoms with van der Waals surface area (Å²) in [6, 6.07) is 5.16. The molecule has 3 rings (SSSR count). The van der Waals surface area contributed by atoms with Crippen LogP contribution >= 0.6 is 11.6 Å². The van der Waals surface area contributed by atoms with Crippen LogP contribution in [0.2, 0.25) is 5.02 Å². The zero-order valence-corrected chi connectivity index (χ0v) is 17.7. The molecule has 1 aliphatic heterocycles. The molecule has 28 heavy (non-hydrogen) atoms. The van der Waals surface area contributed by atoms with Gasteiger partial charge in [0.25, 0.3) is 0 Å². The van der Waals surface area contributed by atoms with Crippen molar-refractivity contribution in [3.63, 3.8) is 0 Å². The van der Waals surface area contributed by atoms with Crippen LogP contribution in [0.4, 0.5) is 5.69 Å². The van der Waals surface area contributed by atoms with E-state index in [1.165, 1.54) is 6.92 Å². The lowest BCUT2D eigenvalue weighted by atomic mass is 9.87. The van der Waals surface area contributed by atoms with Crippen molar-refractivity contribution >= 4 is 23.2 Å². The van der Waals surface area contributed by atoms with Crippen molar-refractivity contribution in [1.82, 2.24) is 0 Å². The molecule has 1 aliphatic rings. The molecular weight excluding hydrogens is 378 g/mol. The first-order valence-electron chi connectivity index (χ1n) is 9.32. The highest BCUT2D eigenvalue weighted by Crippen LogP contribution is 2.43. The summed E-state index contributed by atoms with van der Waals surface area (Å²) in [5.74, 6) is 1.59. The second-order valence-corrected chi connectivity index (χ2v) is 8.11. The third kappa shape index (κ3) is 3.90.